The first-order valence-electron chi connectivity index (χ1n) is 6.29. The summed E-state index contributed by atoms with van der Waals surface area (Å²) in [6, 6.07) is 17.0. The van der Waals surface area contributed by atoms with Crippen molar-refractivity contribution in [1.82, 2.24) is 0 Å². The number of likely N-dealkylation sites (N-methyl/N-ethyl adjacent to an activating group) is 1. The second-order valence-electron chi connectivity index (χ2n) is 4.28. The fourth-order valence-electron chi connectivity index (χ4n) is 1.95. The number of ketones is 1. The molecule has 2 aromatic rings. The molecular weight excluding hydrogens is 258 g/mol. The number of para-hydroxylation sites is 1. The number of carbonyl (C=O) groups is 1. The van der Waals surface area contributed by atoms with E-state index in [1.807, 2.05) is 42.2 Å². The minimum atomic E-state index is 0.0770. The van der Waals surface area contributed by atoms with Crippen LogP contribution in [0.2, 0.25) is 5.02 Å². The van der Waals surface area contributed by atoms with Gasteiger partial charge in [-0.25, -0.2) is 0 Å². The van der Waals surface area contributed by atoms with Gasteiger partial charge in [0.25, 0.3) is 0 Å². The van der Waals surface area contributed by atoms with Gasteiger partial charge in [-0.05, 0) is 31.2 Å². The summed E-state index contributed by atoms with van der Waals surface area (Å²) >= 11 is 5.91. The Kier molecular flexibility index (Phi) is 4.58. The van der Waals surface area contributed by atoms with Crippen molar-refractivity contribution in [2.75, 3.05) is 18.0 Å². The Morgan fingerprint density at radius 2 is 1.84 bits per heavy atom. The highest BCUT2D eigenvalue weighted by atomic mass is 35.5. The first-order chi connectivity index (χ1) is 9.20. The smallest absolute Gasteiger partial charge is 0.182 e. The van der Waals surface area contributed by atoms with Crippen molar-refractivity contribution in [3.05, 3.63) is 65.2 Å². The predicted molar refractivity (Wildman–Crippen MR) is 80.1 cm³/mol. The normalized spacial score (nSPS) is 10.2. The maximum atomic E-state index is 12.2. The molecule has 0 saturated carbocycles. The summed E-state index contributed by atoms with van der Waals surface area (Å²) in [5.41, 5.74) is 1.71. The molecule has 0 aliphatic rings. The monoisotopic (exact) mass is 273 g/mol. The van der Waals surface area contributed by atoms with Gasteiger partial charge in [0.05, 0.1) is 6.54 Å². The molecule has 0 unspecified atom stereocenters. The Labute approximate surface area is 118 Å². The zero-order chi connectivity index (χ0) is 13.7. The maximum absolute atomic E-state index is 12.2. The highest BCUT2D eigenvalue weighted by Crippen LogP contribution is 2.15. The molecule has 2 nitrogen and oxygen atoms in total. The first kappa shape index (κ1) is 13.6. The lowest BCUT2D eigenvalue weighted by Crippen LogP contribution is -2.29. The van der Waals surface area contributed by atoms with Crippen LogP contribution in [0, 0.1) is 0 Å². The van der Waals surface area contributed by atoms with Gasteiger partial charge in [-0.1, -0.05) is 41.9 Å². The van der Waals surface area contributed by atoms with Gasteiger partial charge >= 0.3 is 0 Å². The third-order valence-electron chi connectivity index (χ3n) is 2.98. The Morgan fingerprint density at radius 3 is 2.47 bits per heavy atom. The summed E-state index contributed by atoms with van der Waals surface area (Å²) in [5, 5.41) is 0.591. The summed E-state index contributed by atoms with van der Waals surface area (Å²) in [5.74, 6) is 0.0770. The second kappa shape index (κ2) is 6.39. The third kappa shape index (κ3) is 3.58. The van der Waals surface area contributed by atoms with Crippen molar-refractivity contribution in [2.45, 2.75) is 6.92 Å². The highest BCUT2D eigenvalue weighted by molar-refractivity contribution is 6.31. The number of carbonyl (C=O) groups excluding carboxylic acids is 1. The predicted octanol–water partition coefficient (Wildman–Crippen LogP) is 4.05. The van der Waals surface area contributed by atoms with Crippen LogP contribution in [-0.4, -0.2) is 18.9 Å². The summed E-state index contributed by atoms with van der Waals surface area (Å²) in [6.45, 7) is 3.19. The summed E-state index contributed by atoms with van der Waals surface area (Å²) in [6.07, 6.45) is 0. The number of rotatable bonds is 5. The molecular formula is C16H16ClNO. The lowest BCUT2D eigenvalue weighted by Gasteiger charge is -2.22. The molecule has 3 heteroatoms. The Balaban J connectivity index is 2.13. The summed E-state index contributed by atoms with van der Waals surface area (Å²) < 4.78 is 0. The van der Waals surface area contributed by atoms with Gasteiger partial charge in [0.15, 0.2) is 5.78 Å². The molecule has 0 heterocycles. The quantitative estimate of drug-likeness (QED) is 0.766. The third-order valence-corrected chi connectivity index (χ3v) is 3.22. The Hall–Kier alpha value is -1.80. The van der Waals surface area contributed by atoms with Crippen molar-refractivity contribution >= 4 is 23.1 Å². The van der Waals surface area contributed by atoms with Crippen molar-refractivity contribution in [2.24, 2.45) is 0 Å². The lowest BCUT2D eigenvalue weighted by atomic mass is 10.1. The minimum Gasteiger partial charge on any atom is -0.364 e. The molecule has 0 bridgehead atoms. The van der Waals surface area contributed by atoms with Gasteiger partial charge in [0, 0.05) is 22.8 Å². The van der Waals surface area contributed by atoms with E-state index in [0.29, 0.717) is 17.1 Å². The molecule has 0 atom stereocenters. The van der Waals surface area contributed by atoms with Gasteiger partial charge in [-0.2, -0.15) is 0 Å². The van der Waals surface area contributed by atoms with Gasteiger partial charge in [0.1, 0.15) is 0 Å². The van der Waals surface area contributed by atoms with Crippen molar-refractivity contribution in [3.63, 3.8) is 0 Å². The molecule has 0 radical (unpaired) electrons. The zero-order valence-electron chi connectivity index (χ0n) is 10.8. The molecule has 0 saturated heterocycles. The SMILES string of the molecule is CCN(CC(=O)c1cccc(Cl)c1)c1ccccc1. The second-order valence-corrected chi connectivity index (χ2v) is 4.72. The van der Waals surface area contributed by atoms with Gasteiger partial charge in [0.2, 0.25) is 0 Å². The fraction of sp³-hybridized carbons (Fsp3) is 0.188. The molecule has 2 aromatic carbocycles. The first-order valence-corrected chi connectivity index (χ1v) is 6.67. The van der Waals surface area contributed by atoms with Gasteiger partial charge < -0.3 is 4.90 Å². The molecule has 19 heavy (non-hydrogen) atoms. The van der Waals surface area contributed by atoms with Crippen LogP contribution >= 0.6 is 11.6 Å². The van der Waals surface area contributed by atoms with Gasteiger partial charge in [-0.3, -0.25) is 4.79 Å². The molecule has 0 aliphatic carbocycles. The lowest BCUT2D eigenvalue weighted by molar-refractivity contribution is 0.0999. The van der Waals surface area contributed by atoms with Crippen LogP contribution in [0.25, 0.3) is 0 Å². The number of nitrogens with zero attached hydrogens (tertiary/aromatic N) is 1. The van der Waals surface area contributed by atoms with Crippen molar-refractivity contribution in [3.8, 4) is 0 Å². The zero-order valence-corrected chi connectivity index (χ0v) is 11.6. The number of hydrogen-bond acceptors (Lipinski definition) is 2. The largest absolute Gasteiger partial charge is 0.364 e. The number of anilines is 1. The standard InChI is InChI=1S/C16H16ClNO/c1-2-18(15-9-4-3-5-10-15)12-16(19)13-7-6-8-14(17)11-13/h3-11H,2,12H2,1H3. The van der Waals surface area contributed by atoms with E-state index < -0.39 is 0 Å². The molecule has 2 rings (SSSR count). The van der Waals surface area contributed by atoms with E-state index in [9.17, 15) is 4.79 Å². The number of halogens is 1. The van der Waals surface area contributed by atoms with E-state index in [2.05, 4.69) is 0 Å². The van der Waals surface area contributed by atoms with Gasteiger partial charge in [-0.15, -0.1) is 0 Å². The van der Waals surface area contributed by atoms with E-state index in [1.54, 1.807) is 24.3 Å². The van der Waals surface area contributed by atoms with Crippen LogP contribution in [0.3, 0.4) is 0 Å². The number of benzene rings is 2. The molecule has 0 aliphatic heterocycles. The van der Waals surface area contributed by atoms with Crippen LogP contribution in [-0.2, 0) is 0 Å². The van der Waals surface area contributed by atoms with Crippen LogP contribution in [0.5, 0.6) is 0 Å². The summed E-state index contributed by atoms with van der Waals surface area (Å²) in [7, 11) is 0. The molecule has 0 spiro atoms. The molecule has 98 valence electrons. The van der Waals surface area contributed by atoms with Crippen LogP contribution in [0.4, 0.5) is 5.69 Å². The van der Waals surface area contributed by atoms with Crippen LogP contribution < -0.4 is 4.90 Å². The molecule has 0 fully saturated rings. The Bertz CT molecular complexity index is 554. The molecule has 0 aromatic heterocycles. The van der Waals surface area contributed by atoms with Crippen LogP contribution in [0.1, 0.15) is 17.3 Å². The van der Waals surface area contributed by atoms with E-state index in [0.717, 1.165) is 12.2 Å². The topological polar surface area (TPSA) is 20.3 Å². The summed E-state index contributed by atoms with van der Waals surface area (Å²) in [4.78, 5) is 14.3. The van der Waals surface area contributed by atoms with Crippen LogP contribution in [0.15, 0.2) is 54.6 Å². The van der Waals surface area contributed by atoms with Crippen molar-refractivity contribution < 1.29 is 4.79 Å². The van der Waals surface area contributed by atoms with E-state index >= 15 is 0 Å². The average molecular weight is 274 g/mol. The Morgan fingerprint density at radius 1 is 1.11 bits per heavy atom. The van der Waals surface area contributed by atoms with E-state index in [1.165, 1.54) is 0 Å². The number of Topliss-reactive ketones (excluding diaryl/α,β-unsaturated/α-hetero) is 1. The van der Waals surface area contributed by atoms with E-state index in [-0.39, 0.29) is 5.78 Å². The minimum absolute atomic E-state index is 0.0770. The highest BCUT2D eigenvalue weighted by Gasteiger charge is 2.11. The average Bonchev–Trinajstić information content (AvgIpc) is 2.45. The van der Waals surface area contributed by atoms with E-state index in [4.69, 9.17) is 11.6 Å². The molecule has 0 N–H and O–H groups in total. The fourth-order valence-corrected chi connectivity index (χ4v) is 2.14. The maximum Gasteiger partial charge on any atom is 0.182 e. The van der Waals surface area contributed by atoms with Crippen molar-refractivity contribution in [1.29, 1.82) is 0 Å². The number of hydrogen-bond donors (Lipinski definition) is 0. The molecule has 0 amide bonds.